The number of pyridine rings is 1. The number of benzene rings is 2. The van der Waals surface area contributed by atoms with Gasteiger partial charge in [-0.1, -0.05) is 40.9 Å². The van der Waals surface area contributed by atoms with Crippen LogP contribution in [0.4, 0.5) is 5.82 Å². The number of rotatable bonds is 3. The second kappa shape index (κ2) is 7.69. The van der Waals surface area contributed by atoms with Gasteiger partial charge in [-0.3, -0.25) is 4.90 Å². The van der Waals surface area contributed by atoms with Gasteiger partial charge in [0.15, 0.2) is 5.82 Å². The van der Waals surface area contributed by atoms with E-state index in [-0.39, 0.29) is 0 Å². The molecule has 4 aromatic rings. The van der Waals surface area contributed by atoms with Crippen molar-refractivity contribution in [2.45, 2.75) is 6.54 Å². The largest absolute Gasteiger partial charge is 0.358 e. The molecule has 2 aromatic carbocycles. The molecule has 0 saturated carbocycles. The predicted molar refractivity (Wildman–Crippen MR) is 123 cm³/mol. The molecule has 7 heteroatoms. The number of hydrogen-bond acceptors (Lipinski definition) is 3. The molecule has 3 heterocycles. The van der Waals surface area contributed by atoms with Crippen LogP contribution in [0.3, 0.4) is 0 Å². The first-order valence-electron chi connectivity index (χ1n) is 9.56. The van der Waals surface area contributed by atoms with Gasteiger partial charge in [-0.15, -0.1) is 0 Å². The summed E-state index contributed by atoms with van der Waals surface area (Å²) < 4.78 is 0. The molecule has 1 saturated heterocycles. The van der Waals surface area contributed by atoms with E-state index in [0.29, 0.717) is 10.0 Å². The Bertz CT molecular complexity index is 1200. The fourth-order valence-electron chi connectivity index (χ4n) is 4.01. The zero-order chi connectivity index (χ0) is 20.0. The topological polar surface area (TPSA) is 35.2 Å². The predicted octanol–water partition coefficient (Wildman–Crippen LogP) is 6.00. The van der Waals surface area contributed by atoms with Crippen LogP contribution in [0.5, 0.6) is 0 Å². The van der Waals surface area contributed by atoms with Crippen molar-refractivity contribution in [3.63, 3.8) is 0 Å². The van der Waals surface area contributed by atoms with Gasteiger partial charge in [-0.2, -0.15) is 0 Å². The summed E-state index contributed by atoms with van der Waals surface area (Å²) in [6, 6.07) is 13.8. The summed E-state index contributed by atoms with van der Waals surface area (Å²) in [5.41, 5.74) is 3.22. The molecule has 1 N–H and O–H groups in total. The lowest BCUT2D eigenvalue weighted by molar-refractivity contribution is 0.249. The van der Waals surface area contributed by atoms with Crippen LogP contribution in [0.2, 0.25) is 15.1 Å². The molecule has 0 spiro atoms. The van der Waals surface area contributed by atoms with E-state index in [4.69, 9.17) is 39.8 Å². The number of nitrogens with one attached hydrogen (secondary N) is 1. The van der Waals surface area contributed by atoms with E-state index < -0.39 is 0 Å². The molecule has 0 radical (unpaired) electrons. The van der Waals surface area contributed by atoms with Crippen molar-refractivity contribution in [3.8, 4) is 0 Å². The fourth-order valence-corrected chi connectivity index (χ4v) is 4.51. The van der Waals surface area contributed by atoms with E-state index in [9.17, 15) is 0 Å². The second-order valence-electron chi connectivity index (χ2n) is 7.37. The monoisotopic (exact) mass is 444 g/mol. The Kier molecular flexibility index (Phi) is 5.04. The summed E-state index contributed by atoms with van der Waals surface area (Å²) in [7, 11) is 0. The van der Waals surface area contributed by atoms with Crippen molar-refractivity contribution in [2.24, 2.45) is 0 Å². The first-order chi connectivity index (χ1) is 14.1. The molecule has 0 atom stereocenters. The summed E-state index contributed by atoms with van der Waals surface area (Å²) in [6.07, 6.45) is 1.97. The molecule has 0 bridgehead atoms. The van der Waals surface area contributed by atoms with E-state index in [0.717, 1.165) is 65.4 Å². The molecule has 1 fully saturated rings. The van der Waals surface area contributed by atoms with Crippen LogP contribution in [0.15, 0.2) is 48.7 Å². The SMILES string of the molecule is Clc1ccc2nc(N3CCN(Cc4ccc(Cl)c(Cl)c4)CC3)c3[nH]ccc3c2c1. The minimum atomic E-state index is 0.596. The summed E-state index contributed by atoms with van der Waals surface area (Å²) in [4.78, 5) is 13.1. The smallest absolute Gasteiger partial charge is 0.153 e. The highest BCUT2D eigenvalue weighted by molar-refractivity contribution is 6.42. The van der Waals surface area contributed by atoms with E-state index in [1.807, 2.05) is 42.6 Å². The first-order valence-corrected chi connectivity index (χ1v) is 10.7. The molecule has 29 heavy (non-hydrogen) atoms. The van der Waals surface area contributed by atoms with Gasteiger partial charge in [0, 0.05) is 54.7 Å². The Morgan fingerprint density at radius 1 is 0.862 bits per heavy atom. The molecule has 5 rings (SSSR count). The second-order valence-corrected chi connectivity index (χ2v) is 8.63. The molecule has 0 amide bonds. The van der Waals surface area contributed by atoms with Gasteiger partial charge in [-0.05, 0) is 42.0 Å². The van der Waals surface area contributed by atoms with Gasteiger partial charge in [0.05, 0.1) is 21.1 Å². The van der Waals surface area contributed by atoms with Crippen LogP contribution in [0.25, 0.3) is 21.8 Å². The number of aromatic nitrogens is 2. The number of fused-ring (bicyclic) bond motifs is 3. The number of nitrogens with zero attached hydrogens (tertiary/aromatic N) is 3. The Hall–Kier alpha value is -1.98. The third kappa shape index (κ3) is 3.66. The minimum Gasteiger partial charge on any atom is -0.358 e. The zero-order valence-electron chi connectivity index (χ0n) is 15.6. The normalized spacial score (nSPS) is 15.5. The lowest BCUT2D eigenvalue weighted by Crippen LogP contribution is -2.46. The van der Waals surface area contributed by atoms with Gasteiger partial charge in [-0.25, -0.2) is 4.98 Å². The van der Waals surface area contributed by atoms with E-state index >= 15 is 0 Å². The third-order valence-electron chi connectivity index (χ3n) is 5.51. The summed E-state index contributed by atoms with van der Waals surface area (Å²) in [5.74, 6) is 1.01. The Balaban J connectivity index is 1.37. The molecular weight excluding hydrogens is 427 g/mol. The number of anilines is 1. The summed E-state index contributed by atoms with van der Waals surface area (Å²) in [5, 5.41) is 4.17. The van der Waals surface area contributed by atoms with Gasteiger partial charge >= 0.3 is 0 Å². The molecule has 148 valence electrons. The zero-order valence-corrected chi connectivity index (χ0v) is 17.9. The van der Waals surface area contributed by atoms with Crippen molar-refractivity contribution in [1.82, 2.24) is 14.9 Å². The fraction of sp³-hybridized carbons (Fsp3) is 0.227. The molecule has 2 aromatic heterocycles. The van der Waals surface area contributed by atoms with Crippen molar-refractivity contribution in [3.05, 3.63) is 69.3 Å². The van der Waals surface area contributed by atoms with Crippen molar-refractivity contribution in [2.75, 3.05) is 31.1 Å². The molecule has 0 aliphatic carbocycles. The maximum Gasteiger partial charge on any atom is 0.153 e. The van der Waals surface area contributed by atoms with E-state index in [1.54, 1.807) is 0 Å². The van der Waals surface area contributed by atoms with Crippen LogP contribution in [-0.4, -0.2) is 41.0 Å². The van der Waals surface area contributed by atoms with Crippen molar-refractivity contribution >= 4 is 62.4 Å². The van der Waals surface area contributed by atoms with Gasteiger partial charge < -0.3 is 9.88 Å². The Morgan fingerprint density at radius 3 is 2.48 bits per heavy atom. The molecule has 4 nitrogen and oxygen atoms in total. The lowest BCUT2D eigenvalue weighted by atomic mass is 10.1. The first kappa shape index (κ1) is 19.0. The van der Waals surface area contributed by atoms with Crippen LogP contribution in [-0.2, 0) is 6.54 Å². The third-order valence-corrected chi connectivity index (χ3v) is 6.48. The summed E-state index contributed by atoms with van der Waals surface area (Å²) in [6.45, 7) is 4.63. The van der Waals surface area contributed by atoms with Crippen LogP contribution in [0, 0.1) is 0 Å². The maximum absolute atomic E-state index is 6.21. The molecule has 0 unspecified atom stereocenters. The van der Waals surface area contributed by atoms with Crippen LogP contribution >= 0.6 is 34.8 Å². The number of piperazine rings is 1. The average molecular weight is 446 g/mol. The van der Waals surface area contributed by atoms with Gasteiger partial charge in [0.25, 0.3) is 0 Å². The molecular formula is C22H19Cl3N4. The Morgan fingerprint density at radius 2 is 1.69 bits per heavy atom. The van der Waals surface area contributed by atoms with Gasteiger partial charge in [0.1, 0.15) is 0 Å². The highest BCUT2D eigenvalue weighted by atomic mass is 35.5. The number of H-pyrrole nitrogens is 1. The van der Waals surface area contributed by atoms with Crippen LogP contribution < -0.4 is 4.90 Å². The van der Waals surface area contributed by atoms with Gasteiger partial charge in [0.2, 0.25) is 0 Å². The number of halogens is 3. The Labute approximate surface area is 184 Å². The number of aromatic amines is 1. The van der Waals surface area contributed by atoms with Crippen molar-refractivity contribution in [1.29, 1.82) is 0 Å². The van der Waals surface area contributed by atoms with E-state index in [1.165, 1.54) is 5.56 Å². The quantitative estimate of drug-likeness (QED) is 0.420. The van der Waals surface area contributed by atoms with E-state index in [2.05, 4.69) is 20.9 Å². The number of hydrogen-bond donors (Lipinski definition) is 1. The highest BCUT2D eigenvalue weighted by Crippen LogP contribution is 2.32. The average Bonchev–Trinajstić information content (AvgIpc) is 3.21. The highest BCUT2D eigenvalue weighted by Gasteiger charge is 2.21. The van der Waals surface area contributed by atoms with Crippen molar-refractivity contribution < 1.29 is 0 Å². The summed E-state index contributed by atoms with van der Waals surface area (Å²) >= 11 is 18.4. The maximum atomic E-state index is 6.21. The lowest BCUT2D eigenvalue weighted by Gasteiger charge is -2.35. The van der Waals surface area contributed by atoms with Crippen LogP contribution in [0.1, 0.15) is 5.56 Å². The molecule has 1 aliphatic heterocycles. The molecule has 1 aliphatic rings. The standard InChI is InChI=1S/C22H19Cl3N4/c23-15-2-4-20-17(12-15)16-5-6-26-21(16)22(27-20)29-9-7-28(8-10-29)13-14-1-3-18(24)19(25)11-14/h1-6,11-12,26H,7-10,13H2. The minimum absolute atomic E-state index is 0.596.